The quantitative estimate of drug-likeness (QED) is 0.815. The van der Waals surface area contributed by atoms with Crippen molar-refractivity contribution >= 4 is 23.4 Å². The van der Waals surface area contributed by atoms with Crippen molar-refractivity contribution in [1.29, 1.82) is 0 Å². The fourth-order valence-corrected chi connectivity index (χ4v) is 4.05. The predicted octanol–water partition coefficient (Wildman–Crippen LogP) is 3.03. The first kappa shape index (κ1) is 21.4. The number of hydrogen-bond acceptors (Lipinski definition) is 3. The molecule has 0 radical (unpaired) electrons. The van der Waals surface area contributed by atoms with Gasteiger partial charge in [-0.3, -0.25) is 14.5 Å². The molecule has 2 heterocycles. The molecule has 1 saturated heterocycles. The van der Waals surface area contributed by atoms with Crippen molar-refractivity contribution in [2.24, 2.45) is 0 Å². The van der Waals surface area contributed by atoms with Gasteiger partial charge in [0.25, 0.3) is 5.91 Å². The molecule has 1 aliphatic rings. The molecule has 3 rings (SSSR count). The SMILES string of the molecule is CCNC(=O)CN1CCCN(C(=O)c2cc(-n3c(C)ccc3C)ccc2Cl)CC1. The third-order valence-corrected chi connectivity index (χ3v) is 5.66. The molecule has 156 valence electrons. The summed E-state index contributed by atoms with van der Waals surface area (Å²) in [6.45, 7) is 9.72. The molecular weight excluding hydrogens is 388 g/mol. The fraction of sp³-hybridized carbons (Fsp3) is 0.455. The molecule has 7 heteroatoms. The monoisotopic (exact) mass is 416 g/mol. The molecule has 0 spiro atoms. The molecule has 1 N–H and O–H groups in total. The van der Waals surface area contributed by atoms with E-state index in [2.05, 4.69) is 26.9 Å². The van der Waals surface area contributed by atoms with Gasteiger partial charge in [-0.05, 0) is 57.5 Å². The Morgan fingerprint density at radius 1 is 1.03 bits per heavy atom. The van der Waals surface area contributed by atoms with Crippen molar-refractivity contribution in [3.05, 3.63) is 52.3 Å². The Morgan fingerprint density at radius 2 is 1.76 bits per heavy atom. The fourth-order valence-electron chi connectivity index (χ4n) is 3.85. The minimum atomic E-state index is -0.0563. The van der Waals surface area contributed by atoms with Gasteiger partial charge in [-0.25, -0.2) is 0 Å². The molecular formula is C22H29ClN4O2. The summed E-state index contributed by atoms with van der Waals surface area (Å²) in [4.78, 5) is 29.0. The van der Waals surface area contributed by atoms with E-state index in [1.165, 1.54) is 0 Å². The van der Waals surface area contributed by atoms with E-state index in [1.807, 2.05) is 37.8 Å². The largest absolute Gasteiger partial charge is 0.355 e. The molecule has 2 amide bonds. The highest BCUT2D eigenvalue weighted by atomic mass is 35.5. The average Bonchev–Trinajstić information content (AvgIpc) is 2.88. The maximum atomic E-state index is 13.2. The van der Waals surface area contributed by atoms with Gasteiger partial charge in [0, 0.05) is 49.8 Å². The van der Waals surface area contributed by atoms with Gasteiger partial charge < -0.3 is 14.8 Å². The van der Waals surface area contributed by atoms with Gasteiger partial charge in [0.1, 0.15) is 0 Å². The van der Waals surface area contributed by atoms with Gasteiger partial charge in [-0.2, -0.15) is 0 Å². The second-order valence-electron chi connectivity index (χ2n) is 7.49. The van der Waals surface area contributed by atoms with Crippen LogP contribution in [0.5, 0.6) is 0 Å². The van der Waals surface area contributed by atoms with E-state index >= 15 is 0 Å². The Bertz CT molecular complexity index is 873. The molecule has 1 aromatic carbocycles. The normalized spacial score (nSPS) is 15.2. The molecule has 0 unspecified atom stereocenters. The number of aryl methyl sites for hydroxylation is 2. The first-order valence-corrected chi connectivity index (χ1v) is 10.5. The molecule has 1 aromatic heterocycles. The van der Waals surface area contributed by atoms with Crippen LogP contribution in [0.15, 0.2) is 30.3 Å². The maximum absolute atomic E-state index is 13.2. The number of halogens is 1. The number of hydrogen-bond donors (Lipinski definition) is 1. The third-order valence-electron chi connectivity index (χ3n) is 5.33. The number of likely N-dealkylation sites (N-methyl/N-ethyl adjacent to an activating group) is 1. The van der Waals surface area contributed by atoms with Crippen LogP contribution in [-0.4, -0.2) is 65.4 Å². The van der Waals surface area contributed by atoms with E-state index in [0.29, 0.717) is 43.3 Å². The highest BCUT2D eigenvalue weighted by Gasteiger charge is 2.23. The molecule has 1 aliphatic heterocycles. The van der Waals surface area contributed by atoms with Gasteiger partial charge >= 0.3 is 0 Å². The maximum Gasteiger partial charge on any atom is 0.255 e. The number of nitrogens with one attached hydrogen (secondary N) is 1. The first-order valence-electron chi connectivity index (χ1n) is 10.1. The summed E-state index contributed by atoms with van der Waals surface area (Å²) in [6, 6.07) is 9.73. The molecule has 0 bridgehead atoms. The van der Waals surface area contributed by atoms with Crippen LogP contribution in [-0.2, 0) is 4.79 Å². The van der Waals surface area contributed by atoms with Crippen LogP contribution in [0.25, 0.3) is 5.69 Å². The van der Waals surface area contributed by atoms with Crippen molar-refractivity contribution in [2.45, 2.75) is 27.2 Å². The Morgan fingerprint density at radius 3 is 2.45 bits per heavy atom. The smallest absolute Gasteiger partial charge is 0.255 e. The predicted molar refractivity (Wildman–Crippen MR) is 116 cm³/mol. The van der Waals surface area contributed by atoms with Gasteiger partial charge in [0.05, 0.1) is 17.1 Å². The summed E-state index contributed by atoms with van der Waals surface area (Å²) in [6.07, 6.45) is 0.832. The zero-order valence-electron chi connectivity index (χ0n) is 17.4. The second-order valence-corrected chi connectivity index (χ2v) is 7.90. The molecule has 29 heavy (non-hydrogen) atoms. The average molecular weight is 417 g/mol. The zero-order valence-corrected chi connectivity index (χ0v) is 18.1. The highest BCUT2D eigenvalue weighted by Crippen LogP contribution is 2.24. The van der Waals surface area contributed by atoms with Crippen molar-refractivity contribution in [1.82, 2.24) is 19.7 Å². The molecule has 0 atom stereocenters. The van der Waals surface area contributed by atoms with E-state index < -0.39 is 0 Å². The van der Waals surface area contributed by atoms with E-state index in [-0.39, 0.29) is 11.8 Å². The number of carbonyl (C=O) groups excluding carboxylic acids is 2. The molecule has 6 nitrogen and oxygen atoms in total. The summed E-state index contributed by atoms with van der Waals surface area (Å²) in [5.74, 6) is -0.0281. The van der Waals surface area contributed by atoms with E-state index in [4.69, 9.17) is 11.6 Å². The topological polar surface area (TPSA) is 57.6 Å². The number of carbonyl (C=O) groups is 2. The van der Waals surface area contributed by atoms with E-state index in [1.54, 1.807) is 6.07 Å². The Balaban J connectivity index is 1.75. The lowest BCUT2D eigenvalue weighted by Crippen LogP contribution is -2.40. The van der Waals surface area contributed by atoms with Gasteiger partial charge in [-0.1, -0.05) is 11.6 Å². The summed E-state index contributed by atoms with van der Waals surface area (Å²) in [7, 11) is 0. The van der Waals surface area contributed by atoms with Crippen molar-refractivity contribution in [3.8, 4) is 5.69 Å². The lowest BCUT2D eigenvalue weighted by Gasteiger charge is -2.22. The van der Waals surface area contributed by atoms with Crippen molar-refractivity contribution in [3.63, 3.8) is 0 Å². The molecule has 2 aromatic rings. The number of aromatic nitrogens is 1. The minimum Gasteiger partial charge on any atom is -0.355 e. The van der Waals surface area contributed by atoms with Crippen LogP contribution in [0, 0.1) is 13.8 Å². The standard InChI is InChI=1S/C22H29ClN4O2/c1-4-24-21(28)15-25-10-5-11-26(13-12-25)22(29)19-14-18(8-9-20(19)23)27-16(2)6-7-17(27)3/h6-9,14H,4-5,10-13,15H2,1-3H3,(H,24,28). The lowest BCUT2D eigenvalue weighted by atomic mass is 10.1. The van der Waals surface area contributed by atoms with E-state index in [0.717, 1.165) is 30.0 Å². The van der Waals surface area contributed by atoms with Gasteiger partial charge in [-0.15, -0.1) is 0 Å². The zero-order chi connectivity index (χ0) is 21.0. The third kappa shape index (κ3) is 5.00. The number of benzene rings is 1. The first-order chi connectivity index (χ1) is 13.9. The highest BCUT2D eigenvalue weighted by molar-refractivity contribution is 6.33. The molecule has 0 saturated carbocycles. The van der Waals surface area contributed by atoms with Crippen LogP contribution in [0.2, 0.25) is 5.02 Å². The Kier molecular flexibility index (Phi) is 6.98. The number of rotatable bonds is 5. The summed E-state index contributed by atoms with van der Waals surface area (Å²) >= 11 is 6.40. The van der Waals surface area contributed by atoms with Crippen LogP contribution < -0.4 is 5.32 Å². The van der Waals surface area contributed by atoms with Crippen molar-refractivity contribution < 1.29 is 9.59 Å². The lowest BCUT2D eigenvalue weighted by molar-refractivity contribution is -0.122. The van der Waals surface area contributed by atoms with Gasteiger partial charge in [0.2, 0.25) is 5.91 Å². The summed E-state index contributed by atoms with van der Waals surface area (Å²) < 4.78 is 2.11. The Labute approximate surface area is 177 Å². The summed E-state index contributed by atoms with van der Waals surface area (Å²) in [5, 5.41) is 3.29. The van der Waals surface area contributed by atoms with Gasteiger partial charge in [0.15, 0.2) is 0 Å². The van der Waals surface area contributed by atoms with Crippen LogP contribution in [0.3, 0.4) is 0 Å². The number of amides is 2. The van der Waals surface area contributed by atoms with E-state index in [9.17, 15) is 9.59 Å². The van der Waals surface area contributed by atoms with Crippen LogP contribution in [0.4, 0.5) is 0 Å². The summed E-state index contributed by atoms with van der Waals surface area (Å²) in [5.41, 5.74) is 3.68. The van der Waals surface area contributed by atoms with Crippen molar-refractivity contribution in [2.75, 3.05) is 39.3 Å². The van der Waals surface area contributed by atoms with Crippen LogP contribution >= 0.6 is 11.6 Å². The molecule has 0 aliphatic carbocycles. The number of nitrogens with zero attached hydrogens (tertiary/aromatic N) is 3. The van der Waals surface area contributed by atoms with Crippen LogP contribution in [0.1, 0.15) is 35.1 Å². The Hall–Kier alpha value is -2.31. The minimum absolute atomic E-state index is 0.0282. The second kappa shape index (κ2) is 9.46. The molecule has 1 fully saturated rings.